The molecule has 5 heteroatoms. The highest BCUT2D eigenvalue weighted by Crippen LogP contribution is 2.31. The molecule has 0 aromatic heterocycles. The fraction of sp³-hybridized carbons (Fsp3) is 0.188. The van der Waals surface area contributed by atoms with Crippen LogP contribution in [0.25, 0.3) is 0 Å². The van der Waals surface area contributed by atoms with Crippen LogP contribution < -0.4 is 14.4 Å². The first-order valence-electron chi connectivity index (χ1n) is 6.60. The summed E-state index contributed by atoms with van der Waals surface area (Å²) in [7, 11) is 1.67. The van der Waals surface area contributed by atoms with Gasteiger partial charge in [-0.2, -0.15) is 0 Å². The van der Waals surface area contributed by atoms with Gasteiger partial charge in [-0.25, -0.2) is 0 Å². The molecular weight excluding hydrogens is 270 g/mol. The molecular formula is C16H15NO4. The summed E-state index contributed by atoms with van der Waals surface area (Å²) in [5.74, 6) is 1.18. The molecule has 1 atom stereocenters. The molecule has 1 aliphatic rings. The first-order valence-corrected chi connectivity index (χ1v) is 6.60. The van der Waals surface area contributed by atoms with Gasteiger partial charge in [-0.1, -0.05) is 12.1 Å². The Morgan fingerprint density at radius 2 is 1.81 bits per heavy atom. The quantitative estimate of drug-likeness (QED) is 0.919. The molecule has 0 saturated carbocycles. The number of carbonyl (C=O) groups excluding carboxylic acids is 1. The molecule has 1 amide bonds. The standard InChI is InChI=1S/C16H15NO4/c1-17(11-6-8-12(18)9-7-11)16(19)15-10-20-13-4-2-3-5-14(13)21-15/h2-9,15,18H,10H2,1H3. The molecule has 108 valence electrons. The summed E-state index contributed by atoms with van der Waals surface area (Å²) in [4.78, 5) is 13.9. The molecule has 5 nitrogen and oxygen atoms in total. The van der Waals surface area contributed by atoms with Gasteiger partial charge >= 0.3 is 0 Å². The van der Waals surface area contributed by atoms with E-state index in [2.05, 4.69) is 0 Å². The van der Waals surface area contributed by atoms with Gasteiger partial charge in [-0.15, -0.1) is 0 Å². The summed E-state index contributed by atoms with van der Waals surface area (Å²) < 4.78 is 11.2. The smallest absolute Gasteiger partial charge is 0.271 e. The number of likely N-dealkylation sites (N-methyl/N-ethyl adjacent to an activating group) is 1. The van der Waals surface area contributed by atoms with Crippen molar-refractivity contribution in [3.05, 3.63) is 48.5 Å². The molecule has 1 aliphatic heterocycles. The topological polar surface area (TPSA) is 59.0 Å². The van der Waals surface area contributed by atoms with Crippen LogP contribution in [0.3, 0.4) is 0 Å². The van der Waals surface area contributed by atoms with E-state index in [1.165, 1.54) is 17.0 Å². The highest BCUT2D eigenvalue weighted by Gasteiger charge is 2.30. The summed E-state index contributed by atoms with van der Waals surface area (Å²) in [6, 6.07) is 13.7. The SMILES string of the molecule is CN(C(=O)C1COc2ccccc2O1)c1ccc(O)cc1. The van der Waals surface area contributed by atoms with E-state index in [4.69, 9.17) is 9.47 Å². The van der Waals surface area contributed by atoms with E-state index >= 15 is 0 Å². The summed E-state index contributed by atoms with van der Waals surface area (Å²) >= 11 is 0. The molecule has 1 heterocycles. The lowest BCUT2D eigenvalue weighted by Crippen LogP contribution is -2.45. The Morgan fingerprint density at radius 1 is 1.14 bits per heavy atom. The van der Waals surface area contributed by atoms with Crippen LogP contribution in [0.15, 0.2) is 48.5 Å². The van der Waals surface area contributed by atoms with Gasteiger partial charge in [-0.3, -0.25) is 4.79 Å². The number of ether oxygens (including phenoxy) is 2. The van der Waals surface area contributed by atoms with Crippen LogP contribution >= 0.6 is 0 Å². The van der Waals surface area contributed by atoms with Crippen LogP contribution in [0, 0.1) is 0 Å². The summed E-state index contributed by atoms with van der Waals surface area (Å²) in [5, 5.41) is 9.29. The fourth-order valence-electron chi connectivity index (χ4n) is 2.16. The molecule has 0 spiro atoms. The van der Waals surface area contributed by atoms with E-state index in [1.807, 2.05) is 12.1 Å². The lowest BCUT2D eigenvalue weighted by molar-refractivity contribution is -0.127. The predicted octanol–water partition coefficient (Wildman–Crippen LogP) is 2.19. The van der Waals surface area contributed by atoms with Crippen LogP contribution in [0.4, 0.5) is 5.69 Å². The zero-order valence-electron chi connectivity index (χ0n) is 11.5. The van der Waals surface area contributed by atoms with E-state index in [1.54, 1.807) is 31.3 Å². The second kappa shape index (κ2) is 5.36. The number of fused-ring (bicyclic) bond motifs is 1. The van der Waals surface area contributed by atoms with Gasteiger partial charge in [-0.05, 0) is 36.4 Å². The Kier molecular flexibility index (Phi) is 3.39. The molecule has 3 rings (SSSR count). The van der Waals surface area contributed by atoms with Crippen molar-refractivity contribution in [2.75, 3.05) is 18.6 Å². The van der Waals surface area contributed by atoms with Crippen LogP contribution in [-0.4, -0.2) is 30.8 Å². The van der Waals surface area contributed by atoms with E-state index in [0.29, 0.717) is 17.2 Å². The van der Waals surface area contributed by atoms with Crippen molar-refractivity contribution in [1.29, 1.82) is 0 Å². The lowest BCUT2D eigenvalue weighted by Gasteiger charge is -2.28. The Labute approximate surface area is 122 Å². The highest BCUT2D eigenvalue weighted by atomic mass is 16.6. The Morgan fingerprint density at radius 3 is 2.52 bits per heavy atom. The number of para-hydroxylation sites is 2. The minimum absolute atomic E-state index is 0.158. The number of aromatic hydroxyl groups is 1. The highest BCUT2D eigenvalue weighted by molar-refractivity contribution is 5.96. The van der Waals surface area contributed by atoms with Crippen LogP contribution in [-0.2, 0) is 4.79 Å². The molecule has 0 radical (unpaired) electrons. The van der Waals surface area contributed by atoms with Crippen LogP contribution in [0.1, 0.15) is 0 Å². The van der Waals surface area contributed by atoms with Crippen molar-refractivity contribution < 1.29 is 19.4 Å². The van der Waals surface area contributed by atoms with Gasteiger partial charge in [0.05, 0.1) is 0 Å². The first kappa shape index (κ1) is 13.3. The Balaban J connectivity index is 1.75. The largest absolute Gasteiger partial charge is 0.508 e. The van der Waals surface area contributed by atoms with Crippen LogP contribution in [0.2, 0.25) is 0 Å². The number of amides is 1. The molecule has 2 aromatic rings. The van der Waals surface area contributed by atoms with E-state index < -0.39 is 6.10 Å². The Bertz CT molecular complexity index is 654. The van der Waals surface area contributed by atoms with Gasteiger partial charge in [0, 0.05) is 12.7 Å². The van der Waals surface area contributed by atoms with Crippen molar-refractivity contribution in [3.8, 4) is 17.2 Å². The molecule has 21 heavy (non-hydrogen) atoms. The first-order chi connectivity index (χ1) is 10.1. The normalized spacial score (nSPS) is 16.3. The fourth-order valence-corrected chi connectivity index (χ4v) is 2.16. The third-order valence-corrected chi connectivity index (χ3v) is 3.35. The minimum atomic E-state index is -0.682. The van der Waals surface area contributed by atoms with Gasteiger partial charge in [0.25, 0.3) is 5.91 Å². The average Bonchev–Trinajstić information content (AvgIpc) is 2.54. The van der Waals surface area contributed by atoms with Gasteiger partial charge in [0.15, 0.2) is 11.5 Å². The number of anilines is 1. The number of nitrogens with zero attached hydrogens (tertiary/aromatic N) is 1. The Hall–Kier alpha value is -2.69. The monoisotopic (exact) mass is 285 g/mol. The summed E-state index contributed by atoms with van der Waals surface area (Å²) in [6.45, 7) is 0.179. The molecule has 0 bridgehead atoms. The number of rotatable bonds is 2. The van der Waals surface area contributed by atoms with Crippen molar-refractivity contribution in [3.63, 3.8) is 0 Å². The van der Waals surface area contributed by atoms with Gasteiger partial charge in [0.2, 0.25) is 6.10 Å². The minimum Gasteiger partial charge on any atom is -0.508 e. The third kappa shape index (κ3) is 2.63. The lowest BCUT2D eigenvalue weighted by atomic mass is 10.2. The van der Waals surface area contributed by atoms with Crippen molar-refractivity contribution in [2.24, 2.45) is 0 Å². The predicted molar refractivity (Wildman–Crippen MR) is 77.9 cm³/mol. The van der Waals surface area contributed by atoms with Crippen LogP contribution in [0.5, 0.6) is 17.2 Å². The third-order valence-electron chi connectivity index (χ3n) is 3.35. The number of benzene rings is 2. The zero-order valence-corrected chi connectivity index (χ0v) is 11.5. The molecule has 2 aromatic carbocycles. The van der Waals surface area contributed by atoms with Crippen molar-refractivity contribution >= 4 is 11.6 Å². The van der Waals surface area contributed by atoms with Crippen molar-refractivity contribution in [1.82, 2.24) is 0 Å². The summed E-state index contributed by atoms with van der Waals surface area (Å²) in [6.07, 6.45) is -0.682. The maximum absolute atomic E-state index is 12.5. The number of carbonyl (C=O) groups is 1. The van der Waals surface area contributed by atoms with E-state index in [-0.39, 0.29) is 18.3 Å². The average molecular weight is 285 g/mol. The second-order valence-electron chi connectivity index (χ2n) is 4.78. The maximum atomic E-state index is 12.5. The van der Waals surface area contributed by atoms with E-state index in [9.17, 15) is 9.90 Å². The molecule has 1 N–H and O–H groups in total. The number of phenols is 1. The number of hydrogen-bond acceptors (Lipinski definition) is 4. The molecule has 0 saturated heterocycles. The molecule has 0 fully saturated rings. The number of phenolic OH excluding ortho intramolecular Hbond substituents is 1. The van der Waals surface area contributed by atoms with Gasteiger partial charge in [0.1, 0.15) is 12.4 Å². The molecule has 1 unspecified atom stereocenters. The van der Waals surface area contributed by atoms with Crippen molar-refractivity contribution in [2.45, 2.75) is 6.10 Å². The zero-order chi connectivity index (χ0) is 14.8. The second-order valence-corrected chi connectivity index (χ2v) is 4.78. The number of hydrogen-bond donors (Lipinski definition) is 1. The van der Waals surface area contributed by atoms with E-state index in [0.717, 1.165) is 0 Å². The van der Waals surface area contributed by atoms with Gasteiger partial charge < -0.3 is 19.5 Å². The summed E-state index contributed by atoms with van der Waals surface area (Å²) in [5.41, 5.74) is 0.681. The maximum Gasteiger partial charge on any atom is 0.271 e. The molecule has 0 aliphatic carbocycles.